The van der Waals surface area contributed by atoms with Gasteiger partial charge < -0.3 is 11.1 Å². The third-order valence-electron chi connectivity index (χ3n) is 4.09. The van der Waals surface area contributed by atoms with Crippen molar-refractivity contribution in [1.82, 2.24) is 4.72 Å². The van der Waals surface area contributed by atoms with Gasteiger partial charge in [0.2, 0.25) is 15.9 Å². The number of hydrogen-bond donors (Lipinski definition) is 3. The number of nitrogens with two attached hydrogens (primary N) is 1. The number of halogens is 1. The predicted molar refractivity (Wildman–Crippen MR) is 85.8 cm³/mol. The number of anilines is 1. The van der Waals surface area contributed by atoms with Crippen molar-refractivity contribution in [1.29, 1.82) is 0 Å². The Bertz CT molecular complexity index is 673. The van der Waals surface area contributed by atoms with Gasteiger partial charge in [0.1, 0.15) is 5.82 Å². The highest BCUT2D eigenvalue weighted by atomic mass is 32.2. The summed E-state index contributed by atoms with van der Waals surface area (Å²) in [6, 6.07) is 2.97. The Balaban J connectivity index is 2.22. The number of carbonyl (C=O) groups is 1. The fourth-order valence-corrected chi connectivity index (χ4v) is 4.26. The molecule has 1 fully saturated rings. The lowest BCUT2D eigenvalue weighted by atomic mass is 9.99. The second-order valence-corrected chi connectivity index (χ2v) is 7.54. The molecule has 1 aliphatic carbocycles. The van der Waals surface area contributed by atoms with Gasteiger partial charge in [-0.1, -0.05) is 12.8 Å². The fraction of sp³-hybridized carbons (Fsp3) is 0.533. The van der Waals surface area contributed by atoms with Gasteiger partial charge in [0, 0.05) is 19.5 Å². The monoisotopic (exact) mass is 343 g/mol. The van der Waals surface area contributed by atoms with Crippen LogP contribution >= 0.6 is 0 Å². The molecule has 6 nitrogen and oxygen atoms in total. The van der Waals surface area contributed by atoms with Crippen molar-refractivity contribution < 1.29 is 17.6 Å². The molecule has 1 atom stereocenters. The first-order chi connectivity index (χ1) is 10.8. The van der Waals surface area contributed by atoms with Crippen LogP contribution in [0.1, 0.15) is 32.6 Å². The molecule has 128 valence electrons. The molecule has 1 aliphatic rings. The number of hydrogen-bond acceptors (Lipinski definition) is 4. The molecular formula is C15H22FN3O3S. The summed E-state index contributed by atoms with van der Waals surface area (Å²) in [6.07, 6.45) is 4.05. The standard InChI is InChI=1S/C15H22FN3O3S/c1-10(20)18-14-8-12(6-7-13(14)16)23(21,22)19-15(9-17)11-4-2-3-5-11/h6-8,11,15,19H,2-5,9,17H2,1H3,(H,18,20). The smallest absolute Gasteiger partial charge is 0.240 e. The minimum atomic E-state index is -3.83. The molecule has 8 heteroatoms. The first-order valence-corrected chi connectivity index (χ1v) is 9.11. The molecule has 1 amide bonds. The normalized spacial score (nSPS) is 17.2. The van der Waals surface area contributed by atoms with E-state index < -0.39 is 21.7 Å². The van der Waals surface area contributed by atoms with Gasteiger partial charge in [-0.15, -0.1) is 0 Å². The molecule has 0 spiro atoms. The Kier molecular flexibility index (Phi) is 5.72. The van der Waals surface area contributed by atoms with Gasteiger partial charge in [-0.3, -0.25) is 4.79 Å². The summed E-state index contributed by atoms with van der Waals surface area (Å²) >= 11 is 0. The van der Waals surface area contributed by atoms with Crippen molar-refractivity contribution in [2.45, 2.75) is 43.5 Å². The second-order valence-electron chi connectivity index (χ2n) is 5.83. The van der Waals surface area contributed by atoms with Crippen molar-refractivity contribution >= 4 is 21.6 Å². The third kappa shape index (κ3) is 4.49. The van der Waals surface area contributed by atoms with E-state index in [-0.39, 0.29) is 29.1 Å². The topological polar surface area (TPSA) is 101 Å². The van der Waals surface area contributed by atoms with Gasteiger partial charge in [-0.25, -0.2) is 17.5 Å². The zero-order valence-electron chi connectivity index (χ0n) is 13.0. The largest absolute Gasteiger partial charge is 0.329 e. The quantitative estimate of drug-likeness (QED) is 0.730. The molecule has 0 aliphatic heterocycles. The Morgan fingerprint density at radius 1 is 1.39 bits per heavy atom. The van der Waals surface area contributed by atoms with Crippen LogP contribution in [-0.4, -0.2) is 26.9 Å². The van der Waals surface area contributed by atoms with Gasteiger partial charge in [-0.2, -0.15) is 0 Å². The maximum Gasteiger partial charge on any atom is 0.240 e. The summed E-state index contributed by atoms with van der Waals surface area (Å²) in [5.41, 5.74) is 5.55. The molecule has 1 unspecified atom stereocenters. The average molecular weight is 343 g/mol. The number of rotatable bonds is 6. The van der Waals surface area contributed by atoms with Crippen molar-refractivity contribution in [2.24, 2.45) is 11.7 Å². The van der Waals surface area contributed by atoms with Crippen LogP contribution in [0.25, 0.3) is 0 Å². The Hall–Kier alpha value is -1.51. The Morgan fingerprint density at radius 3 is 2.61 bits per heavy atom. The molecule has 4 N–H and O–H groups in total. The SMILES string of the molecule is CC(=O)Nc1cc(S(=O)(=O)NC(CN)C2CCCC2)ccc1F. The van der Waals surface area contributed by atoms with Gasteiger partial charge >= 0.3 is 0 Å². The number of nitrogens with one attached hydrogen (secondary N) is 2. The highest BCUT2D eigenvalue weighted by Crippen LogP contribution is 2.28. The first-order valence-electron chi connectivity index (χ1n) is 7.63. The molecule has 0 radical (unpaired) electrons. The average Bonchev–Trinajstić information content (AvgIpc) is 3.00. The van der Waals surface area contributed by atoms with E-state index in [4.69, 9.17) is 5.73 Å². The van der Waals surface area contributed by atoms with E-state index in [1.165, 1.54) is 13.0 Å². The summed E-state index contributed by atoms with van der Waals surface area (Å²) in [5, 5.41) is 2.28. The Labute approximate surface area is 135 Å². The molecule has 1 aromatic rings. The molecule has 2 rings (SSSR count). The summed E-state index contributed by atoms with van der Waals surface area (Å²) in [6.45, 7) is 1.44. The van der Waals surface area contributed by atoms with Crippen molar-refractivity contribution in [3.8, 4) is 0 Å². The van der Waals surface area contributed by atoms with E-state index >= 15 is 0 Å². The molecule has 0 saturated heterocycles. The van der Waals surface area contributed by atoms with Gasteiger partial charge in [0.05, 0.1) is 10.6 Å². The van der Waals surface area contributed by atoms with Gasteiger partial charge in [0.25, 0.3) is 0 Å². The minimum absolute atomic E-state index is 0.0981. The first kappa shape index (κ1) is 17.8. The number of amides is 1. The lowest BCUT2D eigenvalue weighted by Crippen LogP contribution is -2.44. The van der Waals surface area contributed by atoms with E-state index in [0.29, 0.717) is 0 Å². The number of carbonyl (C=O) groups excluding carboxylic acids is 1. The van der Waals surface area contributed by atoms with Crippen LogP contribution in [0.3, 0.4) is 0 Å². The zero-order chi connectivity index (χ0) is 17.0. The van der Waals surface area contributed by atoms with Crippen LogP contribution in [0.15, 0.2) is 23.1 Å². The van der Waals surface area contributed by atoms with E-state index in [0.717, 1.165) is 37.8 Å². The highest BCUT2D eigenvalue weighted by molar-refractivity contribution is 7.89. The lowest BCUT2D eigenvalue weighted by molar-refractivity contribution is -0.114. The molecule has 23 heavy (non-hydrogen) atoms. The van der Waals surface area contributed by atoms with Crippen LogP contribution in [0.4, 0.5) is 10.1 Å². The van der Waals surface area contributed by atoms with Gasteiger partial charge in [-0.05, 0) is 37.0 Å². The second kappa shape index (κ2) is 7.37. The summed E-state index contributed by atoms with van der Waals surface area (Å²) in [4.78, 5) is 11.0. The highest BCUT2D eigenvalue weighted by Gasteiger charge is 2.28. The van der Waals surface area contributed by atoms with Crippen LogP contribution in [0, 0.1) is 11.7 Å². The van der Waals surface area contributed by atoms with Crippen molar-refractivity contribution in [3.63, 3.8) is 0 Å². The molecule has 0 heterocycles. The Morgan fingerprint density at radius 2 is 2.04 bits per heavy atom. The van der Waals surface area contributed by atoms with Crippen molar-refractivity contribution in [3.05, 3.63) is 24.0 Å². The third-order valence-corrected chi connectivity index (χ3v) is 5.58. The minimum Gasteiger partial charge on any atom is -0.329 e. The van der Waals surface area contributed by atoms with E-state index in [9.17, 15) is 17.6 Å². The fourth-order valence-electron chi connectivity index (χ4n) is 2.92. The maximum absolute atomic E-state index is 13.6. The number of sulfonamides is 1. The molecular weight excluding hydrogens is 321 g/mol. The summed E-state index contributed by atoms with van der Waals surface area (Å²) < 4.78 is 41.3. The van der Waals surface area contributed by atoms with Crippen LogP contribution in [0.2, 0.25) is 0 Å². The van der Waals surface area contributed by atoms with E-state index in [1.54, 1.807) is 0 Å². The van der Waals surface area contributed by atoms with Gasteiger partial charge in [0.15, 0.2) is 0 Å². The molecule has 0 bridgehead atoms. The van der Waals surface area contributed by atoms with Crippen LogP contribution < -0.4 is 15.8 Å². The van der Waals surface area contributed by atoms with E-state index in [1.807, 2.05) is 0 Å². The van der Waals surface area contributed by atoms with E-state index in [2.05, 4.69) is 10.0 Å². The van der Waals surface area contributed by atoms with Crippen LogP contribution in [0.5, 0.6) is 0 Å². The lowest BCUT2D eigenvalue weighted by Gasteiger charge is -2.23. The molecule has 1 aromatic carbocycles. The zero-order valence-corrected chi connectivity index (χ0v) is 13.8. The molecule has 0 aromatic heterocycles. The molecule has 1 saturated carbocycles. The van der Waals surface area contributed by atoms with Crippen LogP contribution in [-0.2, 0) is 14.8 Å². The number of benzene rings is 1. The summed E-state index contributed by atoms with van der Waals surface area (Å²) in [7, 11) is -3.83. The maximum atomic E-state index is 13.6. The van der Waals surface area contributed by atoms with Crippen molar-refractivity contribution in [2.75, 3.05) is 11.9 Å². The summed E-state index contributed by atoms with van der Waals surface area (Å²) in [5.74, 6) is -0.937. The predicted octanol–water partition coefficient (Wildman–Crippen LogP) is 1.58.